The van der Waals surface area contributed by atoms with Crippen molar-refractivity contribution in [2.75, 3.05) is 6.61 Å². The van der Waals surface area contributed by atoms with Gasteiger partial charge in [0.15, 0.2) is 0 Å². The molecule has 0 bridgehead atoms. The normalized spacial score (nSPS) is 14.3. The van der Waals surface area contributed by atoms with Gasteiger partial charge in [-0.15, -0.1) is 0 Å². The van der Waals surface area contributed by atoms with Crippen LogP contribution in [-0.4, -0.2) is 6.61 Å². The van der Waals surface area contributed by atoms with Gasteiger partial charge in [0.1, 0.15) is 6.10 Å². The lowest BCUT2D eigenvalue weighted by Gasteiger charge is -2.22. The summed E-state index contributed by atoms with van der Waals surface area (Å²) < 4.78 is 6.22. The van der Waals surface area contributed by atoms with Crippen molar-refractivity contribution in [3.63, 3.8) is 0 Å². The van der Waals surface area contributed by atoms with Crippen molar-refractivity contribution in [2.24, 2.45) is 5.41 Å². The molecule has 0 fully saturated rings. The standard InChI is InChI=1S/C18H20O/c1-18(2,3)12-19-17-15-10-6-4-8-13(15)14-9-5-7-11-16(14)17/h4-11,17H,12H2,1-3H3. The number of hydrogen-bond acceptors (Lipinski definition) is 1. The van der Waals surface area contributed by atoms with Gasteiger partial charge in [0.05, 0.1) is 6.61 Å². The van der Waals surface area contributed by atoms with E-state index >= 15 is 0 Å². The van der Waals surface area contributed by atoms with Crippen molar-refractivity contribution >= 4 is 0 Å². The first-order valence-corrected chi connectivity index (χ1v) is 6.86. The van der Waals surface area contributed by atoms with Gasteiger partial charge in [-0.05, 0) is 27.7 Å². The van der Waals surface area contributed by atoms with Crippen LogP contribution in [0.1, 0.15) is 38.0 Å². The first-order chi connectivity index (χ1) is 9.06. The lowest BCUT2D eigenvalue weighted by atomic mass is 9.98. The first-order valence-electron chi connectivity index (χ1n) is 6.86. The molecule has 1 aliphatic rings. The van der Waals surface area contributed by atoms with Crippen LogP contribution in [0.2, 0.25) is 0 Å². The van der Waals surface area contributed by atoms with Gasteiger partial charge in [-0.2, -0.15) is 0 Å². The molecular weight excluding hydrogens is 232 g/mol. The van der Waals surface area contributed by atoms with E-state index in [0.717, 1.165) is 6.61 Å². The summed E-state index contributed by atoms with van der Waals surface area (Å²) in [7, 11) is 0. The van der Waals surface area contributed by atoms with E-state index in [1.807, 2.05) is 0 Å². The number of ether oxygens (including phenoxy) is 1. The second-order valence-corrected chi connectivity index (χ2v) is 6.43. The van der Waals surface area contributed by atoms with Gasteiger partial charge in [-0.3, -0.25) is 0 Å². The SMILES string of the molecule is CC(C)(C)COC1c2ccccc2-c2ccccc21. The highest BCUT2D eigenvalue weighted by molar-refractivity contribution is 5.77. The van der Waals surface area contributed by atoms with Gasteiger partial charge in [0, 0.05) is 0 Å². The van der Waals surface area contributed by atoms with Crippen molar-refractivity contribution in [1.82, 2.24) is 0 Å². The minimum Gasteiger partial charge on any atom is -0.368 e. The van der Waals surface area contributed by atoms with E-state index < -0.39 is 0 Å². The molecule has 0 aromatic heterocycles. The maximum atomic E-state index is 6.22. The molecule has 0 saturated carbocycles. The summed E-state index contributed by atoms with van der Waals surface area (Å²) in [5.74, 6) is 0. The van der Waals surface area contributed by atoms with E-state index in [4.69, 9.17) is 4.74 Å². The fourth-order valence-corrected chi connectivity index (χ4v) is 2.62. The molecule has 0 radical (unpaired) electrons. The molecule has 1 aliphatic carbocycles. The van der Waals surface area contributed by atoms with E-state index in [9.17, 15) is 0 Å². The van der Waals surface area contributed by atoms with Crippen molar-refractivity contribution < 1.29 is 4.74 Å². The molecule has 0 heterocycles. The van der Waals surface area contributed by atoms with Crippen LogP contribution >= 0.6 is 0 Å². The summed E-state index contributed by atoms with van der Waals surface area (Å²) in [5.41, 5.74) is 5.42. The molecule has 0 aliphatic heterocycles. The minimum atomic E-state index is 0.0895. The number of fused-ring (bicyclic) bond motifs is 3. The van der Waals surface area contributed by atoms with Gasteiger partial charge < -0.3 is 4.74 Å². The van der Waals surface area contributed by atoms with Crippen LogP contribution in [0.5, 0.6) is 0 Å². The molecule has 98 valence electrons. The van der Waals surface area contributed by atoms with Gasteiger partial charge in [-0.1, -0.05) is 69.3 Å². The lowest BCUT2D eigenvalue weighted by molar-refractivity contribution is 0.0311. The second kappa shape index (κ2) is 4.50. The van der Waals surface area contributed by atoms with E-state index in [2.05, 4.69) is 69.3 Å². The van der Waals surface area contributed by atoms with Gasteiger partial charge in [-0.25, -0.2) is 0 Å². The molecule has 0 amide bonds. The summed E-state index contributed by atoms with van der Waals surface area (Å²) in [6.45, 7) is 7.39. The smallest absolute Gasteiger partial charge is 0.109 e. The molecule has 3 rings (SSSR count). The van der Waals surface area contributed by atoms with Gasteiger partial charge in [0.2, 0.25) is 0 Å². The summed E-state index contributed by atoms with van der Waals surface area (Å²) >= 11 is 0. The Morgan fingerprint density at radius 1 is 0.842 bits per heavy atom. The first kappa shape index (κ1) is 12.4. The molecule has 1 nitrogen and oxygen atoms in total. The van der Waals surface area contributed by atoms with Crippen LogP contribution in [0.4, 0.5) is 0 Å². The van der Waals surface area contributed by atoms with Crippen LogP contribution in [-0.2, 0) is 4.74 Å². The highest BCUT2D eigenvalue weighted by atomic mass is 16.5. The van der Waals surface area contributed by atoms with Crippen molar-refractivity contribution in [1.29, 1.82) is 0 Å². The summed E-state index contributed by atoms with van der Waals surface area (Å²) in [6, 6.07) is 17.1. The lowest BCUT2D eigenvalue weighted by Crippen LogP contribution is -2.17. The molecule has 0 atom stereocenters. The molecule has 1 heteroatoms. The zero-order chi connectivity index (χ0) is 13.5. The third-order valence-electron chi connectivity index (χ3n) is 3.46. The zero-order valence-corrected chi connectivity index (χ0v) is 11.8. The number of benzene rings is 2. The van der Waals surface area contributed by atoms with Crippen LogP contribution < -0.4 is 0 Å². The topological polar surface area (TPSA) is 9.23 Å². The monoisotopic (exact) mass is 252 g/mol. The third kappa shape index (κ3) is 2.31. The van der Waals surface area contributed by atoms with Gasteiger partial charge >= 0.3 is 0 Å². The number of hydrogen-bond donors (Lipinski definition) is 0. The fourth-order valence-electron chi connectivity index (χ4n) is 2.62. The third-order valence-corrected chi connectivity index (χ3v) is 3.46. The van der Waals surface area contributed by atoms with Crippen LogP contribution in [0.15, 0.2) is 48.5 Å². The Kier molecular flexibility index (Phi) is 2.94. The van der Waals surface area contributed by atoms with Crippen LogP contribution in [0.3, 0.4) is 0 Å². The maximum Gasteiger partial charge on any atom is 0.109 e. The predicted octanol–water partition coefficient (Wildman–Crippen LogP) is 4.82. The van der Waals surface area contributed by atoms with E-state index in [0.29, 0.717) is 0 Å². The van der Waals surface area contributed by atoms with Crippen LogP contribution in [0.25, 0.3) is 11.1 Å². The maximum absolute atomic E-state index is 6.22. The predicted molar refractivity (Wildman–Crippen MR) is 79.1 cm³/mol. The van der Waals surface area contributed by atoms with Crippen molar-refractivity contribution in [2.45, 2.75) is 26.9 Å². The van der Waals surface area contributed by atoms with Crippen LogP contribution in [0, 0.1) is 5.41 Å². The summed E-state index contributed by atoms with van der Waals surface area (Å²) in [4.78, 5) is 0. The minimum absolute atomic E-state index is 0.0895. The number of rotatable bonds is 2. The van der Waals surface area contributed by atoms with Gasteiger partial charge in [0.25, 0.3) is 0 Å². The quantitative estimate of drug-likeness (QED) is 0.744. The fraction of sp³-hybridized carbons (Fsp3) is 0.333. The van der Waals surface area contributed by atoms with Crippen molar-refractivity contribution in [3.05, 3.63) is 59.7 Å². The molecule has 0 unspecified atom stereocenters. The van der Waals surface area contributed by atoms with E-state index in [-0.39, 0.29) is 11.5 Å². The highest BCUT2D eigenvalue weighted by Gasteiger charge is 2.29. The zero-order valence-electron chi connectivity index (χ0n) is 11.8. The average Bonchev–Trinajstić information content (AvgIpc) is 2.70. The second-order valence-electron chi connectivity index (χ2n) is 6.43. The molecular formula is C18H20O. The Morgan fingerprint density at radius 3 is 1.79 bits per heavy atom. The average molecular weight is 252 g/mol. The van der Waals surface area contributed by atoms with Crippen molar-refractivity contribution in [3.8, 4) is 11.1 Å². The highest BCUT2D eigenvalue weighted by Crippen LogP contribution is 2.45. The molecule has 19 heavy (non-hydrogen) atoms. The van der Waals surface area contributed by atoms with E-state index in [1.165, 1.54) is 22.3 Å². The summed E-state index contributed by atoms with van der Waals surface area (Å²) in [5, 5.41) is 0. The molecule has 2 aromatic rings. The largest absolute Gasteiger partial charge is 0.368 e. The Bertz CT molecular complexity index is 547. The summed E-state index contributed by atoms with van der Waals surface area (Å²) in [6.07, 6.45) is 0.0895. The molecule has 2 aromatic carbocycles. The Morgan fingerprint density at radius 2 is 1.32 bits per heavy atom. The Balaban J connectivity index is 2.00. The Labute approximate surface area is 115 Å². The Hall–Kier alpha value is -1.60. The van der Waals surface area contributed by atoms with E-state index in [1.54, 1.807) is 0 Å². The molecule has 0 spiro atoms. The molecule has 0 N–H and O–H groups in total. The molecule has 0 saturated heterocycles.